The van der Waals surface area contributed by atoms with E-state index in [1.54, 1.807) is 6.92 Å². The Morgan fingerprint density at radius 2 is 1.65 bits per heavy atom. The maximum absolute atomic E-state index is 12.7. The number of aliphatic hydroxyl groups is 1. The highest BCUT2D eigenvalue weighted by atomic mass is 16.3. The molecule has 1 unspecified atom stereocenters. The molecule has 2 fully saturated rings. The van der Waals surface area contributed by atoms with Crippen LogP contribution in [0.5, 0.6) is 0 Å². The molecule has 20 heavy (non-hydrogen) atoms. The zero-order chi connectivity index (χ0) is 14.7. The van der Waals surface area contributed by atoms with Crippen LogP contribution in [0.2, 0.25) is 0 Å². The van der Waals surface area contributed by atoms with Gasteiger partial charge < -0.3 is 10.0 Å². The molecule has 116 valence electrons. The van der Waals surface area contributed by atoms with E-state index in [0.717, 1.165) is 0 Å². The van der Waals surface area contributed by atoms with Crippen molar-refractivity contribution in [2.24, 2.45) is 0 Å². The van der Waals surface area contributed by atoms with E-state index >= 15 is 0 Å². The molecule has 0 aliphatic heterocycles. The molecule has 0 radical (unpaired) electrons. The largest absolute Gasteiger partial charge is 0.392 e. The molecule has 0 aromatic carbocycles. The fraction of sp³-hybridized carbons (Fsp3) is 0.938. The van der Waals surface area contributed by atoms with Gasteiger partial charge in [0.2, 0.25) is 5.91 Å². The van der Waals surface area contributed by atoms with Crippen LogP contribution in [-0.2, 0) is 4.79 Å². The molecule has 0 heterocycles. The first-order valence-electron chi connectivity index (χ1n) is 8.22. The topological polar surface area (TPSA) is 43.8 Å². The van der Waals surface area contributed by atoms with Crippen LogP contribution in [0, 0.1) is 0 Å². The predicted molar refractivity (Wildman–Crippen MR) is 80.5 cm³/mol. The predicted octanol–water partition coefficient (Wildman–Crippen LogP) is 2.01. The second kappa shape index (κ2) is 6.90. The molecule has 1 atom stereocenters. The first-order valence-corrected chi connectivity index (χ1v) is 8.22. The Balaban J connectivity index is 1.95. The summed E-state index contributed by atoms with van der Waals surface area (Å²) in [5.41, 5.74) is 0. The number of rotatable bonds is 7. The Morgan fingerprint density at radius 3 is 2.10 bits per heavy atom. The molecule has 0 aromatic rings. The van der Waals surface area contributed by atoms with Gasteiger partial charge in [-0.3, -0.25) is 9.69 Å². The quantitative estimate of drug-likeness (QED) is 0.777. The van der Waals surface area contributed by atoms with Crippen LogP contribution in [0.4, 0.5) is 0 Å². The Labute approximate surface area is 123 Å². The van der Waals surface area contributed by atoms with Crippen LogP contribution in [0.15, 0.2) is 0 Å². The summed E-state index contributed by atoms with van der Waals surface area (Å²) in [6.07, 6.45) is 6.87. The molecule has 0 spiro atoms. The van der Waals surface area contributed by atoms with Crippen molar-refractivity contribution < 1.29 is 9.90 Å². The molecule has 0 bridgehead atoms. The molecule has 2 saturated carbocycles. The fourth-order valence-corrected chi connectivity index (χ4v) is 3.29. The number of hydrogen-bond donors (Lipinski definition) is 1. The van der Waals surface area contributed by atoms with E-state index in [1.165, 1.54) is 38.5 Å². The van der Waals surface area contributed by atoms with Gasteiger partial charge in [-0.05, 0) is 46.5 Å². The SMILES string of the molecule is CC(O)CN(CC(=O)N(C1CCCC1)C1CC1)C(C)C. The third-order valence-electron chi connectivity index (χ3n) is 4.51. The summed E-state index contributed by atoms with van der Waals surface area (Å²) in [5.74, 6) is 0.272. The summed E-state index contributed by atoms with van der Waals surface area (Å²) in [4.78, 5) is 17.0. The molecule has 1 N–H and O–H groups in total. The maximum atomic E-state index is 12.7. The highest BCUT2D eigenvalue weighted by Crippen LogP contribution is 2.34. The van der Waals surface area contributed by atoms with E-state index < -0.39 is 0 Å². The minimum absolute atomic E-state index is 0.272. The Kier molecular flexibility index (Phi) is 5.44. The van der Waals surface area contributed by atoms with Crippen molar-refractivity contribution in [3.8, 4) is 0 Å². The highest BCUT2D eigenvalue weighted by molar-refractivity contribution is 5.79. The van der Waals surface area contributed by atoms with E-state index in [4.69, 9.17) is 0 Å². The number of carbonyl (C=O) groups is 1. The molecule has 4 nitrogen and oxygen atoms in total. The lowest BCUT2D eigenvalue weighted by Crippen LogP contribution is -2.48. The van der Waals surface area contributed by atoms with Crippen LogP contribution >= 0.6 is 0 Å². The molecule has 2 aliphatic carbocycles. The zero-order valence-electron chi connectivity index (χ0n) is 13.2. The van der Waals surface area contributed by atoms with Gasteiger partial charge in [0.05, 0.1) is 12.6 Å². The Bertz CT molecular complexity index is 320. The van der Waals surface area contributed by atoms with Crippen LogP contribution in [-0.4, -0.2) is 58.1 Å². The Hall–Kier alpha value is -0.610. The number of hydrogen-bond acceptors (Lipinski definition) is 3. The number of carbonyl (C=O) groups excluding carboxylic acids is 1. The van der Waals surface area contributed by atoms with Crippen molar-refractivity contribution in [2.45, 2.75) is 83.5 Å². The van der Waals surface area contributed by atoms with Gasteiger partial charge in [-0.1, -0.05) is 12.8 Å². The van der Waals surface area contributed by atoms with Crippen LogP contribution in [0.3, 0.4) is 0 Å². The highest BCUT2D eigenvalue weighted by Gasteiger charge is 2.38. The molecular formula is C16H30N2O2. The van der Waals surface area contributed by atoms with E-state index in [2.05, 4.69) is 23.6 Å². The lowest BCUT2D eigenvalue weighted by atomic mass is 10.2. The fourth-order valence-electron chi connectivity index (χ4n) is 3.29. The van der Waals surface area contributed by atoms with Gasteiger partial charge in [0.1, 0.15) is 0 Å². The number of amides is 1. The minimum atomic E-state index is -0.383. The molecule has 4 heteroatoms. The van der Waals surface area contributed by atoms with Crippen LogP contribution in [0.1, 0.15) is 59.3 Å². The number of aliphatic hydroxyl groups excluding tert-OH is 1. The summed E-state index contributed by atoms with van der Waals surface area (Å²) in [6.45, 7) is 7.00. The summed E-state index contributed by atoms with van der Waals surface area (Å²) in [7, 11) is 0. The molecule has 0 saturated heterocycles. The van der Waals surface area contributed by atoms with Gasteiger partial charge in [0.15, 0.2) is 0 Å². The molecule has 1 amide bonds. The van der Waals surface area contributed by atoms with Gasteiger partial charge >= 0.3 is 0 Å². The summed E-state index contributed by atoms with van der Waals surface area (Å²) >= 11 is 0. The molecule has 2 rings (SSSR count). The second-order valence-electron chi connectivity index (χ2n) is 6.84. The maximum Gasteiger partial charge on any atom is 0.237 e. The van der Waals surface area contributed by atoms with Gasteiger partial charge in [0, 0.05) is 24.7 Å². The van der Waals surface area contributed by atoms with E-state index in [0.29, 0.717) is 25.2 Å². The van der Waals surface area contributed by atoms with Gasteiger partial charge in [-0.2, -0.15) is 0 Å². The summed E-state index contributed by atoms with van der Waals surface area (Å²) in [6, 6.07) is 1.28. The van der Waals surface area contributed by atoms with Crippen molar-refractivity contribution in [2.75, 3.05) is 13.1 Å². The molecule has 0 aromatic heterocycles. The van der Waals surface area contributed by atoms with Gasteiger partial charge in [0.25, 0.3) is 0 Å². The summed E-state index contributed by atoms with van der Waals surface area (Å²) in [5, 5.41) is 9.59. The van der Waals surface area contributed by atoms with Crippen molar-refractivity contribution in [1.29, 1.82) is 0 Å². The Morgan fingerprint density at radius 1 is 1.10 bits per heavy atom. The lowest BCUT2D eigenvalue weighted by Gasteiger charge is -2.33. The standard InChI is InChI=1S/C16H30N2O2/c1-12(2)17(10-13(3)19)11-16(20)18(15-8-9-15)14-6-4-5-7-14/h12-15,19H,4-11H2,1-3H3. The first kappa shape index (κ1) is 15.8. The van der Waals surface area contributed by atoms with Gasteiger partial charge in [-0.25, -0.2) is 0 Å². The minimum Gasteiger partial charge on any atom is -0.392 e. The smallest absolute Gasteiger partial charge is 0.237 e. The molecule has 2 aliphatic rings. The first-order chi connectivity index (χ1) is 9.49. The normalized spacial score (nSPS) is 21.7. The average molecular weight is 282 g/mol. The number of nitrogens with zero attached hydrogens (tertiary/aromatic N) is 2. The third kappa shape index (κ3) is 4.19. The average Bonchev–Trinajstić information content (AvgIpc) is 3.02. The zero-order valence-corrected chi connectivity index (χ0v) is 13.2. The lowest BCUT2D eigenvalue weighted by molar-refractivity contribution is -0.136. The third-order valence-corrected chi connectivity index (χ3v) is 4.51. The van der Waals surface area contributed by atoms with Crippen molar-refractivity contribution in [3.63, 3.8) is 0 Å². The van der Waals surface area contributed by atoms with Crippen molar-refractivity contribution >= 4 is 5.91 Å². The summed E-state index contributed by atoms with van der Waals surface area (Å²) < 4.78 is 0. The van der Waals surface area contributed by atoms with Gasteiger partial charge in [-0.15, -0.1) is 0 Å². The molecular weight excluding hydrogens is 252 g/mol. The van der Waals surface area contributed by atoms with E-state index in [9.17, 15) is 9.90 Å². The van der Waals surface area contributed by atoms with Crippen LogP contribution < -0.4 is 0 Å². The van der Waals surface area contributed by atoms with Crippen molar-refractivity contribution in [1.82, 2.24) is 9.80 Å². The van der Waals surface area contributed by atoms with Crippen LogP contribution in [0.25, 0.3) is 0 Å². The van der Waals surface area contributed by atoms with E-state index in [1.807, 2.05) is 0 Å². The second-order valence-corrected chi connectivity index (χ2v) is 6.84. The van der Waals surface area contributed by atoms with E-state index in [-0.39, 0.29) is 18.1 Å². The monoisotopic (exact) mass is 282 g/mol. The van der Waals surface area contributed by atoms with Crippen molar-refractivity contribution in [3.05, 3.63) is 0 Å².